The molecule has 0 bridgehead atoms. The van der Waals surface area contributed by atoms with Crippen molar-refractivity contribution in [2.75, 3.05) is 25.0 Å². The number of hydrogen-bond donors (Lipinski definition) is 1. The van der Waals surface area contributed by atoms with Crippen LogP contribution in [0.4, 0.5) is 5.82 Å². The minimum Gasteiger partial charge on any atom is -0.352 e. The van der Waals surface area contributed by atoms with Gasteiger partial charge >= 0.3 is 0 Å². The quantitative estimate of drug-likeness (QED) is 0.779. The van der Waals surface area contributed by atoms with Crippen molar-refractivity contribution in [3.8, 4) is 10.6 Å². The van der Waals surface area contributed by atoms with Crippen LogP contribution in [0.3, 0.4) is 0 Å². The van der Waals surface area contributed by atoms with E-state index >= 15 is 0 Å². The third kappa shape index (κ3) is 2.07. The molecule has 8 heteroatoms. The van der Waals surface area contributed by atoms with Crippen molar-refractivity contribution in [2.45, 2.75) is 12.5 Å². The minimum absolute atomic E-state index is 0.500. The fourth-order valence-corrected chi connectivity index (χ4v) is 3.45. The first-order valence-corrected chi connectivity index (χ1v) is 7.78. The monoisotopic (exact) mass is 301 g/mol. The summed E-state index contributed by atoms with van der Waals surface area (Å²) in [5.74, 6) is 0.859. The molecule has 1 aliphatic rings. The van der Waals surface area contributed by atoms with Gasteiger partial charge in [-0.3, -0.25) is 0 Å². The topological polar surface area (TPSA) is 71.2 Å². The molecule has 1 N–H and O–H groups in total. The summed E-state index contributed by atoms with van der Waals surface area (Å²) in [4.78, 5) is 7.98. The molecule has 108 valence electrons. The molecule has 1 atom stereocenters. The van der Waals surface area contributed by atoms with E-state index in [9.17, 15) is 0 Å². The van der Waals surface area contributed by atoms with E-state index in [1.165, 1.54) is 0 Å². The molecule has 0 saturated carbocycles. The first-order chi connectivity index (χ1) is 10.4. The van der Waals surface area contributed by atoms with Gasteiger partial charge in [-0.25, -0.2) is 4.98 Å². The van der Waals surface area contributed by atoms with Crippen LogP contribution in [-0.4, -0.2) is 51.2 Å². The number of rotatable bonds is 3. The van der Waals surface area contributed by atoms with Crippen molar-refractivity contribution >= 4 is 22.8 Å². The van der Waals surface area contributed by atoms with Gasteiger partial charge in [-0.1, -0.05) is 6.07 Å². The lowest BCUT2D eigenvalue weighted by atomic mass is 10.3. The molecule has 0 aliphatic carbocycles. The van der Waals surface area contributed by atoms with Crippen LogP contribution >= 0.6 is 11.3 Å². The number of thiophene rings is 1. The molecule has 0 aromatic carbocycles. The Hall–Kier alpha value is -2.06. The molecule has 1 saturated heterocycles. The highest BCUT2D eigenvalue weighted by atomic mass is 32.1. The second-order valence-electron chi connectivity index (χ2n) is 5.08. The Kier molecular flexibility index (Phi) is 3.04. The predicted molar refractivity (Wildman–Crippen MR) is 81.6 cm³/mol. The molecule has 4 rings (SSSR count). The number of likely N-dealkylation sites (N-methyl/N-ethyl adjacent to an activating group) is 1. The van der Waals surface area contributed by atoms with Crippen molar-refractivity contribution in [1.82, 2.24) is 30.3 Å². The summed E-state index contributed by atoms with van der Waals surface area (Å²) in [6.45, 7) is 1.91. The van der Waals surface area contributed by atoms with Crippen LogP contribution in [0, 0.1) is 0 Å². The first kappa shape index (κ1) is 12.7. The van der Waals surface area contributed by atoms with E-state index in [0.717, 1.165) is 41.5 Å². The van der Waals surface area contributed by atoms with Gasteiger partial charge in [0.25, 0.3) is 0 Å². The number of fused-ring (bicyclic) bond motifs is 1. The Bertz CT molecular complexity index is 751. The van der Waals surface area contributed by atoms with Crippen LogP contribution in [0.15, 0.2) is 23.7 Å². The lowest BCUT2D eigenvalue weighted by Crippen LogP contribution is -2.30. The summed E-state index contributed by atoms with van der Waals surface area (Å²) >= 11 is 1.66. The molecule has 4 heterocycles. The maximum atomic E-state index is 4.63. The predicted octanol–water partition coefficient (Wildman–Crippen LogP) is 1.05. The lowest BCUT2D eigenvalue weighted by Gasteiger charge is -2.17. The molecule has 3 aromatic heterocycles. The minimum atomic E-state index is 0.500. The SMILES string of the molecule is CNC1CCN(c2ncc(-c3cccs3)n3nnnc23)C1. The summed E-state index contributed by atoms with van der Waals surface area (Å²) < 4.78 is 1.78. The van der Waals surface area contributed by atoms with Gasteiger partial charge in [0.15, 0.2) is 5.82 Å². The van der Waals surface area contributed by atoms with Crippen LogP contribution in [0.25, 0.3) is 16.2 Å². The normalized spacial score (nSPS) is 18.7. The molecular weight excluding hydrogens is 286 g/mol. The van der Waals surface area contributed by atoms with Crippen LogP contribution in [0.2, 0.25) is 0 Å². The van der Waals surface area contributed by atoms with E-state index in [4.69, 9.17) is 0 Å². The van der Waals surface area contributed by atoms with Crippen molar-refractivity contribution in [3.05, 3.63) is 23.7 Å². The molecule has 0 amide bonds. The number of tetrazole rings is 1. The molecule has 1 unspecified atom stereocenters. The molecular formula is C13H15N7S. The average molecular weight is 301 g/mol. The van der Waals surface area contributed by atoms with Crippen molar-refractivity contribution in [1.29, 1.82) is 0 Å². The molecule has 0 spiro atoms. The highest BCUT2D eigenvalue weighted by Gasteiger charge is 2.25. The Morgan fingerprint density at radius 1 is 1.43 bits per heavy atom. The van der Waals surface area contributed by atoms with Gasteiger partial charge in [-0.2, -0.15) is 4.52 Å². The first-order valence-electron chi connectivity index (χ1n) is 6.90. The Morgan fingerprint density at radius 3 is 3.14 bits per heavy atom. The van der Waals surface area contributed by atoms with E-state index in [0.29, 0.717) is 6.04 Å². The van der Waals surface area contributed by atoms with Gasteiger partial charge in [-0.15, -0.1) is 16.4 Å². The van der Waals surface area contributed by atoms with Gasteiger partial charge in [0, 0.05) is 19.1 Å². The Labute approximate surface area is 125 Å². The number of nitrogens with zero attached hydrogens (tertiary/aromatic N) is 6. The average Bonchev–Trinajstić information content (AvgIpc) is 3.25. The zero-order chi connectivity index (χ0) is 14.2. The van der Waals surface area contributed by atoms with E-state index in [1.807, 2.05) is 24.7 Å². The van der Waals surface area contributed by atoms with Crippen molar-refractivity contribution < 1.29 is 0 Å². The summed E-state index contributed by atoms with van der Waals surface area (Å²) in [6.07, 6.45) is 2.97. The standard InChI is InChI=1S/C13H15N7S/c1-14-9-4-5-19(8-9)12-13-16-17-18-20(13)10(7-15-12)11-3-2-6-21-11/h2-3,6-7,9,14H,4-5,8H2,1H3. The number of nitrogens with one attached hydrogen (secondary N) is 1. The zero-order valence-electron chi connectivity index (χ0n) is 11.6. The largest absolute Gasteiger partial charge is 0.352 e. The summed E-state index contributed by atoms with van der Waals surface area (Å²) in [5, 5.41) is 17.5. The van der Waals surface area contributed by atoms with E-state index < -0.39 is 0 Å². The number of hydrogen-bond acceptors (Lipinski definition) is 7. The van der Waals surface area contributed by atoms with Crippen LogP contribution in [0.1, 0.15) is 6.42 Å². The molecule has 3 aromatic rings. The third-order valence-electron chi connectivity index (χ3n) is 3.88. The molecule has 0 radical (unpaired) electrons. The highest BCUT2D eigenvalue weighted by molar-refractivity contribution is 7.13. The fourth-order valence-electron chi connectivity index (χ4n) is 2.73. The molecule has 21 heavy (non-hydrogen) atoms. The van der Waals surface area contributed by atoms with E-state index in [1.54, 1.807) is 15.9 Å². The van der Waals surface area contributed by atoms with Crippen LogP contribution < -0.4 is 10.2 Å². The summed E-state index contributed by atoms with van der Waals surface area (Å²) in [7, 11) is 2.00. The van der Waals surface area contributed by atoms with Crippen molar-refractivity contribution in [2.24, 2.45) is 0 Å². The van der Waals surface area contributed by atoms with E-state index in [-0.39, 0.29) is 0 Å². The molecule has 7 nitrogen and oxygen atoms in total. The van der Waals surface area contributed by atoms with E-state index in [2.05, 4.69) is 36.8 Å². The summed E-state index contributed by atoms with van der Waals surface area (Å²) in [6, 6.07) is 4.57. The van der Waals surface area contributed by atoms with Crippen molar-refractivity contribution in [3.63, 3.8) is 0 Å². The van der Waals surface area contributed by atoms with Gasteiger partial charge < -0.3 is 10.2 Å². The van der Waals surface area contributed by atoms with Gasteiger partial charge in [0.05, 0.1) is 11.1 Å². The lowest BCUT2D eigenvalue weighted by molar-refractivity contribution is 0.616. The smallest absolute Gasteiger partial charge is 0.222 e. The molecule has 1 aliphatic heterocycles. The maximum Gasteiger partial charge on any atom is 0.222 e. The van der Waals surface area contributed by atoms with Crippen LogP contribution in [-0.2, 0) is 0 Å². The fraction of sp³-hybridized carbons (Fsp3) is 0.385. The third-order valence-corrected chi connectivity index (χ3v) is 4.77. The maximum absolute atomic E-state index is 4.63. The number of anilines is 1. The second kappa shape index (κ2) is 5.05. The van der Waals surface area contributed by atoms with Gasteiger partial charge in [0.2, 0.25) is 5.65 Å². The Morgan fingerprint density at radius 2 is 2.38 bits per heavy atom. The highest BCUT2D eigenvalue weighted by Crippen LogP contribution is 2.28. The zero-order valence-corrected chi connectivity index (χ0v) is 12.4. The van der Waals surface area contributed by atoms with Crippen LogP contribution in [0.5, 0.6) is 0 Å². The second-order valence-corrected chi connectivity index (χ2v) is 6.03. The van der Waals surface area contributed by atoms with Gasteiger partial charge in [-0.05, 0) is 35.3 Å². The van der Waals surface area contributed by atoms with Gasteiger partial charge in [0.1, 0.15) is 5.69 Å². The number of aromatic nitrogens is 5. The Balaban J connectivity index is 1.79. The molecule has 1 fully saturated rings. The summed E-state index contributed by atoms with van der Waals surface area (Å²) in [5.41, 5.74) is 1.65.